The van der Waals surface area contributed by atoms with Crippen molar-refractivity contribution >= 4 is 33.5 Å². The van der Waals surface area contributed by atoms with Crippen molar-refractivity contribution in [3.63, 3.8) is 0 Å². The molecule has 1 atom stereocenters. The Hall–Kier alpha value is -1.36. The molecule has 1 rings (SSSR count). The highest BCUT2D eigenvalue weighted by molar-refractivity contribution is 9.10. The third-order valence-corrected chi connectivity index (χ3v) is 3.15. The number of anilines is 1. The minimum atomic E-state index is -1.13. The van der Waals surface area contributed by atoms with E-state index in [1.54, 1.807) is 12.1 Å². The van der Waals surface area contributed by atoms with Gasteiger partial charge >= 0.3 is 5.97 Å². The Morgan fingerprint density at radius 1 is 1.44 bits per heavy atom. The van der Waals surface area contributed by atoms with Gasteiger partial charge in [-0.25, -0.2) is 0 Å². The van der Waals surface area contributed by atoms with Crippen molar-refractivity contribution < 1.29 is 14.7 Å². The smallest absolute Gasteiger partial charge is 0.315 e. The number of carboxylic acids is 1. The van der Waals surface area contributed by atoms with Gasteiger partial charge in [0.2, 0.25) is 5.91 Å². The topological polar surface area (TPSA) is 66.4 Å². The molecule has 0 aliphatic heterocycles. The fraction of sp³-hybridized carbons (Fsp3) is 0.273. The molecule has 0 heterocycles. The lowest BCUT2D eigenvalue weighted by molar-refractivity contribution is -0.144. The highest BCUT2D eigenvalue weighted by Gasteiger charge is 2.20. The van der Waals surface area contributed by atoms with Crippen LogP contribution in [0, 0.1) is 12.8 Å². The molecule has 2 N–H and O–H groups in total. The van der Waals surface area contributed by atoms with E-state index in [0.717, 1.165) is 10.0 Å². The van der Waals surface area contributed by atoms with Crippen LogP contribution in [0.1, 0.15) is 12.5 Å². The Labute approximate surface area is 102 Å². The Bertz CT molecular complexity index is 431. The van der Waals surface area contributed by atoms with E-state index in [-0.39, 0.29) is 0 Å². The first-order valence-corrected chi connectivity index (χ1v) is 5.51. The monoisotopic (exact) mass is 285 g/mol. The number of hydrogen-bond acceptors (Lipinski definition) is 2. The second-order valence-corrected chi connectivity index (χ2v) is 4.32. The van der Waals surface area contributed by atoms with Gasteiger partial charge in [-0.3, -0.25) is 9.59 Å². The number of amides is 1. The average molecular weight is 286 g/mol. The average Bonchev–Trinajstić information content (AvgIpc) is 2.23. The van der Waals surface area contributed by atoms with Crippen LogP contribution < -0.4 is 5.32 Å². The molecule has 0 bridgehead atoms. The summed E-state index contributed by atoms with van der Waals surface area (Å²) in [4.78, 5) is 22.1. The van der Waals surface area contributed by atoms with Gasteiger partial charge in [-0.1, -0.05) is 22.0 Å². The highest BCUT2D eigenvalue weighted by atomic mass is 79.9. The molecular weight excluding hydrogens is 274 g/mol. The first kappa shape index (κ1) is 12.7. The maximum atomic E-state index is 11.5. The van der Waals surface area contributed by atoms with E-state index in [9.17, 15) is 9.59 Å². The van der Waals surface area contributed by atoms with E-state index < -0.39 is 17.8 Å². The summed E-state index contributed by atoms with van der Waals surface area (Å²) in [6.45, 7) is 3.19. The normalized spacial score (nSPS) is 11.9. The van der Waals surface area contributed by atoms with Crippen molar-refractivity contribution in [1.29, 1.82) is 0 Å². The van der Waals surface area contributed by atoms with Crippen molar-refractivity contribution in [2.45, 2.75) is 13.8 Å². The summed E-state index contributed by atoms with van der Waals surface area (Å²) in [5, 5.41) is 11.3. The van der Waals surface area contributed by atoms with Crippen molar-refractivity contribution in [1.82, 2.24) is 0 Å². The number of aliphatic carboxylic acids is 1. The molecule has 5 heteroatoms. The van der Waals surface area contributed by atoms with Gasteiger partial charge in [0, 0.05) is 10.2 Å². The standard InChI is InChI=1S/C11H12BrNO3/c1-6-8(12)4-3-5-9(6)13-10(14)7(2)11(15)16/h3-5,7H,1-2H3,(H,13,14)(H,15,16). The number of nitrogens with one attached hydrogen (secondary N) is 1. The van der Waals surface area contributed by atoms with Gasteiger partial charge in [0.15, 0.2) is 0 Å². The van der Waals surface area contributed by atoms with Gasteiger partial charge in [-0.15, -0.1) is 0 Å². The second-order valence-electron chi connectivity index (χ2n) is 3.46. The van der Waals surface area contributed by atoms with Crippen LogP contribution in [0.3, 0.4) is 0 Å². The van der Waals surface area contributed by atoms with Gasteiger partial charge in [-0.2, -0.15) is 0 Å². The Kier molecular flexibility index (Phi) is 4.06. The van der Waals surface area contributed by atoms with Gasteiger partial charge in [-0.05, 0) is 31.5 Å². The molecule has 1 aromatic rings. The summed E-state index contributed by atoms with van der Waals surface area (Å²) in [6, 6.07) is 5.36. The summed E-state index contributed by atoms with van der Waals surface area (Å²) in [5.41, 5.74) is 1.49. The number of rotatable bonds is 3. The lowest BCUT2D eigenvalue weighted by Crippen LogP contribution is -2.27. The molecule has 0 aromatic heterocycles. The predicted octanol–water partition coefficient (Wildman–Crippen LogP) is 2.42. The van der Waals surface area contributed by atoms with Crippen LogP contribution >= 0.6 is 15.9 Å². The minimum absolute atomic E-state index is 0.520. The second kappa shape index (κ2) is 5.12. The van der Waals surface area contributed by atoms with Crippen molar-refractivity contribution in [3.05, 3.63) is 28.2 Å². The molecule has 86 valence electrons. The zero-order chi connectivity index (χ0) is 12.3. The molecule has 0 saturated heterocycles. The molecule has 1 unspecified atom stereocenters. The number of carbonyl (C=O) groups is 2. The summed E-state index contributed by atoms with van der Waals surface area (Å²) < 4.78 is 0.869. The van der Waals surface area contributed by atoms with Crippen LogP contribution in [0.4, 0.5) is 5.69 Å². The summed E-state index contributed by atoms with van der Waals surface area (Å²) >= 11 is 3.33. The fourth-order valence-corrected chi connectivity index (χ4v) is 1.46. The first-order chi connectivity index (χ1) is 7.43. The van der Waals surface area contributed by atoms with Crippen molar-refractivity contribution in [2.75, 3.05) is 5.32 Å². The Morgan fingerprint density at radius 3 is 2.62 bits per heavy atom. The molecule has 0 aliphatic carbocycles. The predicted molar refractivity (Wildman–Crippen MR) is 64.3 cm³/mol. The molecule has 1 aromatic carbocycles. The summed E-state index contributed by atoms with van der Waals surface area (Å²) in [7, 11) is 0. The molecule has 1 amide bonds. The van der Waals surface area contributed by atoms with E-state index in [0.29, 0.717) is 5.69 Å². The van der Waals surface area contributed by atoms with Crippen LogP contribution in [0.25, 0.3) is 0 Å². The number of benzene rings is 1. The van der Waals surface area contributed by atoms with Crippen molar-refractivity contribution in [3.8, 4) is 0 Å². The summed E-state index contributed by atoms with van der Waals surface area (Å²) in [6.07, 6.45) is 0. The third-order valence-electron chi connectivity index (χ3n) is 2.29. The minimum Gasteiger partial charge on any atom is -0.481 e. The summed E-state index contributed by atoms with van der Waals surface area (Å²) in [5.74, 6) is -2.71. The molecule has 0 spiro atoms. The van der Waals surface area contributed by atoms with E-state index >= 15 is 0 Å². The van der Waals surface area contributed by atoms with Gasteiger partial charge in [0.05, 0.1) is 0 Å². The number of carbonyl (C=O) groups excluding carboxylic acids is 1. The maximum Gasteiger partial charge on any atom is 0.315 e. The van der Waals surface area contributed by atoms with E-state index in [1.165, 1.54) is 6.92 Å². The van der Waals surface area contributed by atoms with Crippen LogP contribution in [-0.4, -0.2) is 17.0 Å². The van der Waals surface area contributed by atoms with E-state index in [2.05, 4.69) is 21.2 Å². The van der Waals surface area contributed by atoms with Crippen LogP contribution in [0.2, 0.25) is 0 Å². The number of halogens is 1. The lowest BCUT2D eigenvalue weighted by Gasteiger charge is -2.11. The number of carboxylic acid groups (broad SMARTS) is 1. The van der Waals surface area contributed by atoms with E-state index in [1.807, 2.05) is 13.0 Å². The molecule has 0 radical (unpaired) electrons. The first-order valence-electron chi connectivity index (χ1n) is 4.72. The zero-order valence-electron chi connectivity index (χ0n) is 8.95. The fourth-order valence-electron chi connectivity index (χ4n) is 1.10. The lowest BCUT2D eigenvalue weighted by atomic mass is 10.1. The molecule has 0 saturated carbocycles. The van der Waals surface area contributed by atoms with Crippen molar-refractivity contribution in [2.24, 2.45) is 5.92 Å². The van der Waals surface area contributed by atoms with Crippen LogP contribution in [0.15, 0.2) is 22.7 Å². The van der Waals surface area contributed by atoms with Gasteiger partial charge in [0.1, 0.15) is 5.92 Å². The third kappa shape index (κ3) is 2.82. The molecule has 16 heavy (non-hydrogen) atoms. The maximum absolute atomic E-state index is 11.5. The van der Waals surface area contributed by atoms with E-state index in [4.69, 9.17) is 5.11 Å². The molecule has 0 aliphatic rings. The largest absolute Gasteiger partial charge is 0.481 e. The quantitative estimate of drug-likeness (QED) is 0.838. The number of hydrogen-bond donors (Lipinski definition) is 2. The van der Waals surface area contributed by atoms with Crippen LogP contribution in [-0.2, 0) is 9.59 Å². The Morgan fingerprint density at radius 2 is 2.06 bits per heavy atom. The van der Waals surface area contributed by atoms with Gasteiger partial charge < -0.3 is 10.4 Å². The molecular formula is C11H12BrNO3. The van der Waals surface area contributed by atoms with Gasteiger partial charge in [0.25, 0.3) is 0 Å². The SMILES string of the molecule is Cc1c(Br)cccc1NC(=O)C(C)C(=O)O. The molecule has 0 fully saturated rings. The molecule has 4 nitrogen and oxygen atoms in total. The zero-order valence-corrected chi connectivity index (χ0v) is 10.5. The van der Waals surface area contributed by atoms with Crippen LogP contribution in [0.5, 0.6) is 0 Å². The highest BCUT2D eigenvalue weighted by Crippen LogP contribution is 2.23. The Balaban J connectivity index is 2.85.